The lowest BCUT2D eigenvalue weighted by Gasteiger charge is -2.11. The molecular weight excluding hydrogens is 751 g/mol. The summed E-state index contributed by atoms with van der Waals surface area (Å²) in [6.07, 6.45) is -0.0286. The fraction of sp³-hybridized carbons (Fsp3) is 0.318. The molecule has 0 aliphatic rings. The van der Waals surface area contributed by atoms with Crippen molar-refractivity contribution in [3.8, 4) is 0 Å². The first kappa shape index (κ1) is 39.9. The lowest BCUT2D eigenvalue weighted by Crippen LogP contribution is -2.09. The third kappa shape index (κ3) is 15.9. The number of nitro benzene ring substituents is 1. The highest BCUT2D eigenvalue weighted by atomic mass is 32.2. The summed E-state index contributed by atoms with van der Waals surface area (Å²) in [5, 5.41) is 14.7. The molecule has 25 heteroatoms. The van der Waals surface area contributed by atoms with Gasteiger partial charge in [-0.05, 0) is 42.4 Å². The molecule has 0 saturated heterocycles. The van der Waals surface area contributed by atoms with Gasteiger partial charge in [-0.3, -0.25) is 23.8 Å². The highest BCUT2D eigenvalue weighted by molar-refractivity contribution is 7.99. The maximum Gasteiger partial charge on any atom is 0.425 e. The fourth-order valence-electron chi connectivity index (χ4n) is 3.49. The van der Waals surface area contributed by atoms with Gasteiger partial charge in [0.1, 0.15) is 5.82 Å². The minimum absolute atomic E-state index is 0.0615. The van der Waals surface area contributed by atoms with E-state index in [9.17, 15) is 39.9 Å². The van der Waals surface area contributed by atoms with E-state index in [1.807, 2.05) is 0 Å². The smallest absolute Gasteiger partial charge is 0.324 e. The third-order valence-corrected chi connectivity index (χ3v) is 9.90. The van der Waals surface area contributed by atoms with Crippen molar-refractivity contribution in [3.63, 3.8) is 0 Å². The Bertz CT molecular complexity index is 2020. The van der Waals surface area contributed by atoms with Gasteiger partial charge in [0.15, 0.2) is 5.16 Å². The Kier molecular flexibility index (Phi) is 15.0. The number of thioether (sulfide) groups is 2. The summed E-state index contributed by atoms with van der Waals surface area (Å²) in [5.41, 5.74) is 0.0836. The Labute approximate surface area is 278 Å². The van der Waals surface area contributed by atoms with Crippen molar-refractivity contribution in [2.75, 3.05) is 28.3 Å². The molecule has 0 fully saturated rings. The van der Waals surface area contributed by atoms with Crippen LogP contribution >= 0.6 is 23.5 Å². The predicted octanol–water partition coefficient (Wildman–Crippen LogP) is 2.10. The average molecular weight is 776 g/mol. The molecule has 2 aromatic carbocycles. The Morgan fingerprint density at radius 2 is 1.40 bits per heavy atom. The zero-order valence-electron chi connectivity index (χ0n) is 23.6. The van der Waals surface area contributed by atoms with Crippen LogP contribution in [-0.4, -0.2) is 94.4 Å². The second-order valence-electron chi connectivity index (χ2n) is 8.86. The number of nitrogens with one attached hydrogen (secondary N) is 1. The number of nitro groups is 1. The van der Waals surface area contributed by atoms with Gasteiger partial charge in [0.05, 0.1) is 26.2 Å². The Balaban J connectivity index is 0.00000181. The summed E-state index contributed by atoms with van der Waals surface area (Å²) in [6, 6.07) is 9.78. The summed E-state index contributed by atoms with van der Waals surface area (Å²) in [5.74, 6) is -0.623. The second-order valence-corrected chi connectivity index (χ2v) is 16.0. The Morgan fingerprint density at radius 1 is 0.830 bits per heavy atom. The Hall–Kier alpha value is -3.30. The topological polar surface area (TPSA) is 308 Å². The SMILES string of the molecule is O=S(=O)=O.O=[N+]([O-])c1cc(Nc2nc(Cc3ccccc3S(=O)(=O)O)nc(SCCCS(=O)(=O)O)n2)ccc1SCCCS(=O)(=O)O. The molecule has 47 heavy (non-hydrogen) atoms. The van der Waals surface area contributed by atoms with Gasteiger partial charge >= 0.3 is 10.6 Å². The first-order chi connectivity index (χ1) is 21.7. The first-order valence-electron chi connectivity index (χ1n) is 12.5. The molecule has 1 heterocycles. The normalized spacial score (nSPS) is 11.7. The van der Waals surface area contributed by atoms with Crippen LogP contribution in [-0.2, 0) is 47.4 Å². The lowest BCUT2D eigenvalue weighted by molar-refractivity contribution is -0.387. The van der Waals surface area contributed by atoms with E-state index in [-0.39, 0.29) is 74.4 Å². The summed E-state index contributed by atoms with van der Waals surface area (Å²) in [7, 11) is -16.0. The van der Waals surface area contributed by atoms with Gasteiger partial charge in [0, 0.05) is 23.9 Å². The molecule has 4 N–H and O–H groups in total. The Morgan fingerprint density at radius 3 is 1.96 bits per heavy atom. The number of rotatable bonds is 16. The van der Waals surface area contributed by atoms with E-state index < -0.39 is 57.4 Å². The van der Waals surface area contributed by atoms with Crippen molar-refractivity contribution >= 4 is 81.8 Å². The van der Waals surface area contributed by atoms with Crippen molar-refractivity contribution in [1.29, 1.82) is 0 Å². The molecule has 0 bridgehead atoms. The maximum absolute atomic E-state index is 11.8. The van der Waals surface area contributed by atoms with Gasteiger partial charge in [0.2, 0.25) is 5.95 Å². The third-order valence-electron chi connectivity index (χ3n) is 5.25. The van der Waals surface area contributed by atoms with E-state index in [4.69, 9.17) is 21.7 Å². The minimum Gasteiger partial charge on any atom is -0.324 e. The molecule has 3 aromatic rings. The summed E-state index contributed by atoms with van der Waals surface area (Å²) in [4.78, 5) is 23.8. The van der Waals surface area contributed by atoms with E-state index in [1.54, 1.807) is 6.07 Å². The molecule has 3 rings (SSSR count). The molecule has 0 atom stereocenters. The van der Waals surface area contributed by atoms with Crippen molar-refractivity contribution < 1.29 is 56.5 Å². The zero-order chi connectivity index (χ0) is 35.4. The van der Waals surface area contributed by atoms with Gasteiger partial charge in [-0.15, -0.1) is 24.4 Å². The van der Waals surface area contributed by atoms with Crippen LogP contribution in [0.15, 0.2) is 57.4 Å². The van der Waals surface area contributed by atoms with Crippen molar-refractivity contribution in [2.24, 2.45) is 0 Å². The molecule has 0 saturated carbocycles. The van der Waals surface area contributed by atoms with Gasteiger partial charge in [-0.1, -0.05) is 30.0 Å². The van der Waals surface area contributed by atoms with Crippen LogP contribution in [0.2, 0.25) is 0 Å². The largest absolute Gasteiger partial charge is 0.425 e. The quantitative estimate of drug-likeness (QED) is 0.0532. The van der Waals surface area contributed by atoms with Gasteiger partial charge in [-0.2, -0.15) is 35.2 Å². The fourth-order valence-corrected chi connectivity index (χ4v) is 7.34. The van der Waals surface area contributed by atoms with E-state index >= 15 is 0 Å². The van der Waals surface area contributed by atoms with Gasteiger partial charge in [-0.25, -0.2) is 4.98 Å². The zero-order valence-corrected chi connectivity index (χ0v) is 28.5. The molecule has 0 amide bonds. The van der Waals surface area contributed by atoms with Crippen molar-refractivity contribution in [1.82, 2.24) is 15.0 Å². The number of hydrogen-bond donors (Lipinski definition) is 4. The lowest BCUT2D eigenvalue weighted by atomic mass is 10.1. The molecule has 19 nitrogen and oxygen atoms in total. The van der Waals surface area contributed by atoms with Crippen LogP contribution < -0.4 is 5.32 Å². The molecule has 0 radical (unpaired) electrons. The predicted molar refractivity (Wildman–Crippen MR) is 168 cm³/mol. The van der Waals surface area contributed by atoms with Crippen LogP contribution in [0.1, 0.15) is 24.2 Å². The molecule has 0 unspecified atom stereocenters. The number of nitrogens with zero attached hydrogens (tertiary/aromatic N) is 4. The summed E-state index contributed by atoms with van der Waals surface area (Å²) >= 11 is 2.06. The second kappa shape index (κ2) is 17.7. The average Bonchev–Trinajstić information content (AvgIpc) is 2.92. The van der Waals surface area contributed by atoms with Gasteiger partial charge in [0.25, 0.3) is 36.0 Å². The summed E-state index contributed by atoms with van der Waals surface area (Å²) in [6.45, 7) is 0. The van der Waals surface area contributed by atoms with Crippen LogP contribution in [0.25, 0.3) is 0 Å². The van der Waals surface area contributed by atoms with Crippen LogP contribution in [0.4, 0.5) is 17.3 Å². The molecule has 0 spiro atoms. The van der Waals surface area contributed by atoms with E-state index in [2.05, 4.69) is 20.3 Å². The standard InChI is InChI=1S/C22H25N5O11S5.O3S/c28-27(29)17-14-16(7-8-18(17)39-9-3-11-41(30,31)32)23-21-24-20(13-15-5-1-2-6-19(15)43(36,37)38)25-22(26-21)40-10-4-12-42(33,34)35;1-4(2)3/h1-2,5-8,14H,3-4,9-13H2,(H,30,31,32)(H,33,34,35)(H,36,37,38)(H,23,24,25,26);. The van der Waals surface area contributed by atoms with E-state index in [0.29, 0.717) is 0 Å². The molecule has 0 aliphatic heterocycles. The number of anilines is 2. The van der Waals surface area contributed by atoms with Crippen molar-refractivity contribution in [3.05, 3.63) is 64.0 Å². The molecular formula is C22H25N5O14S6. The number of benzene rings is 2. The molecule has 0 aliphatic carbocycles. The van der Waals surface area contributed by atoms with Crippen molar-refractivity contribution in [2.45, 2.75) is 34.2 Å². The highest BCUT2D eigenvalue weighted by Crippen LogP contribution is 2.33. The van der Waals surface area contributed by atoms with Crippen LogP contribution in [0.3, 0.4) is 0 Å². The van der Waals surface area contributed by atoms with Crippen LogP contribution in [0.5, 0.6) is 0 Å². The highest BCUT2D eigenvalue weighted by Gasteiger charge is 2.19. The van der Waals surface area contributed by atoms with Crippen LogP contribution in [0, 0.1) is 10.1 Å². The molecule has 1 aromatic heterocycles. The monoisotopic (exact) mass is 775 g/mol. The van der Waals surface area contributed by atoms with E-state index in [1.165, 1.54) is 36.4 Å². The van der Waals surface area contributed by atoms with E-state index in [0.717, 1.165) is 23.5 Å². The number of hydrogen-bond acceptors (Lipinski definition) is 17. The maximum atomic E-state index is 11.8. The number of aromatic nitrogens is 3. The minimum atomic E-state index is -4.57. The first-order valence-corrected chi connectivity index (χ1v) is 20.1. The molecule has 258 valence electrons. The van der Waals surface area contributed by atoms with Gasteiger partial charge < -0.3 is 5.32 Å². The summed E-state index contributed by atoms with van der Waals surface area (Å²) < 4.78 is 120.